The van der Waals surface area contributed by atoms with E-state index >= 15 is 0 Å². The number of hydrogen-bond donors (Lipinski definition) is 1. The van der Waals surface area contributed by atoms with E-state index in [1.807, 2.05) is 0 Å². The van der Waals surface area contributed by atoms with Gasteiger partial charge in [0.1, 0.15) is 5.75 Å². The molecule has 1 aliphatic heterocycles. The number of hydrogen-bond acceptors (Lipinski definition) is 2. The number of fused-ring (bicyclic) bond motifs is 1. The van der Waals surface area contributed by atoms with Gasteiger partial charge in [-0.25, -0.2) is 0 Å². The van der Waals surface area contributed by atoms with Gasteiger partial charge in [-0.15, -0.1) is 0 Å². The van der Waals surface area contributed by atoms with E-state index in [0.29, 0.717) is 17.9 Å². The van der Waals surface area contributed by atoms with Crippen molar-refractivity contribution in [2.24, 2.45) is 5.92 Å². The summed E-state index contributed by atoms with van der Waals surface area (Å²) in [5.74, 6) is 2.31. The molecule has 0 bridgehead atoms. The van der Waals surface area contributed by atoms with Crippen LogP contribution in [-0.2, 0) is 0 Å². The standard InChI is InChI=1S/C16H25NO/c1-4-10-17-16(12(2)3)14-9-11-18-15-8-6-5-7-13(14)15/h5-8,12,14,16-17H,4,9-11H2,1-3H3. The third kappa shape index (κ3) is 2.86. The zero-order chi connectivity index (χ0) is 13.0. The van der Waals surface area contributed by atoms with Gasteiger partial charge in [0.15, 0.2) is 0 Å². The number of para-hydroxylation sites is 1. The molecule has 0 saturated heterocycles. The minimum Gasteiger partial charge on any atom is -0.493 e. The first-order chi connectivity index (χ1) is 8.74. The minimum absolute atomic E-state index is 0.551. The molecule has 2 nitrogen and oxygen atoms in total. The first-order valence-electron chi connectivity index (χ1n) is 7.19. The summed E-state index contributed by atoms with van der Waals surface area (Å²) in [7, 11) is 0. The minimum atomic E-state index is 0.551. The lowest BCUT2D eigenvalue weighted by Crippen LogP contribution is -2.41. The molecule has 0 aliphatic carbocycles. The highest BCUT2D eigenvalue weighted by Crippen LogP contribution is 2.37. The van der Waals surface area contributed by atoms with Gasteiger partial charge in [-0.1, -0.05) is 39.0 Å². The fourth-order valence-electron chi connectivity index (χ4n) is 2.90. The summed E-state index contributed by atoms with van der Waals surface area (Å²) in [6, 6.07) is 9.05. The van der Waals surface area contributed by atoms with Crippen molar-refractivity contribution in [2.45, 2.75) is 45.6 Å². The molecule has 1 N–H and O–H groups in total. The highest BCUT2D eigenvalue weighted by molar-refractivity contribution is 5.38. The van der Waals surface area contributed by atoms with Crippen molar-refractivity contribution in [3.05, 3.63) is 29.8 Å². The monoisotopic (exact) mass is 247 g/mol. The Morgan fingerprint density at radius 2 is 2.11 bits per heavy atom. The summed E-state index contributed by atoms with van der Waals surface area (Å²) in [6.45, 7) is 8.79. The smallest absolute Gasteiger partial charge is 0.122 e. The van der Waals surface area contributed by atoms with Crippen molar-refractivity contribution >= 4 is 0 Å². The molecule has 2 atom stereocenters. The highest BCUT2D eigenvalue weighted by Gasteiger charge is 2.30. The predicted molar refractivity (Wildman–Crippen MR) is 76.2 cm³/mol. The van der Waals surface area contributed by atoms with Crippen molar-refractivity contribution in [3.8, 4) is 5.75 Å². The maximum atomic E-state index is 5.76. The Morgan fingerprint density at radius 3 is 2.83 bits per heavy atom. The number of benzene rings is 1. The van der Waals surface area contributed by atoms with Crippen LogP contribution in [0.2, 0.25) is 0 Å². The molecule has 1 heterocycles. The summed E-state index contributed by atoms with van der Waals surface area (Å²) in [5, 5.41) is 3.72. The zero-order valence-electron chi connectivity index (χ0n) is 11.8. The SMILES string of the molecule is CCCNC(C(C)C)C1CCOc2ccccc21. The fraction of sp³-hybridized carbons (Fsp3) is 0.625. The summed E-state index contributed by atoms with van der Waals surface area (Å²) in [5.41, 5.74) is 1.38. The molecule has 0 aromatic heterocycles. The molecule has 1 aliphatic rings. The van der Waals surface area contributed by atoms with Crippen LogP contribution >= 0.6 is 0 Å². The molecule has 0 radical (unpaired) electrons. The Hall–Kier alpha value is -1.02. The van der Waals surface area contributed by atoms with E-state index in [4.69, 9.17) is 4.74 Å². The summed E-state index contributed by atoms with van der Waals surface area (Å²) >= 11 is 0. The van der Waals surface area contributed by atoms with Gasteiger partial charge in [0, 0.05) is 12.0 Å². The van der Waals surface area contributed by atoms with Crippen LogP contribution in [0.1, 0.15) is 45.1 Å². The molecule has 0 saturated carbocycles. The maximum Gasteiger partial charge on any atom is 0.122 e. The molecule has 18 heavy (non-hydrogen) atoms. The number of nitrogens with one attached hydrogen (secondary N) is 1. The predicted octanol–water partition coefficient (Wildman–Crippen LogP) is 3.58. The maximum absolute atomic E-state index is 5.76. The molecule has 1 aromatic carbocycles. The van der Waals surface area contributed by atoms with Gasteiger partial charge >= 0.3 is 0 Å². The molecule has 2 rings (SSSR count). The molecule has 0 fully saturated rings. The van der Waals surface area contributed by atoms with Gasteiger partial charge in [-0.3, -0.25) is 0 Å². The first-order valence-corrected chi connectivity index (χ1v) is 7.19. The van der Waals surface area contributed by atoms with Gasteiger partial charge in [-0.05, 0) is 36.9 Å². The van der Waals surface area contributed by atoms with Crippen molar-refractivity contribution in [2.75, 3.05) is 13.2 Å². The van der Waals surface area contributed by atoms with Crippen LogP contribution in [0.3, 0.4) is 0 Å². The second-order valence-corrected chi connectivity index (χ2v) is 5.51. The van der Waals surface area contributed by atoms with Crippen LogP contribution < -0.4 is 10.1 Å². The highest BCUT2D eigenvalue weighted by atomic mass is 16.5. The van der Waals surface area contributed by atoms with Crippen LogP contribution in [0.15, 0.2) is 24.3 Å². The Bertz CT molecular complexity index is 375. The Morgan fingerprint density at radius 1 is 1.33 bits per heavy atom. The van der Waals surface area contributed by atoms with Gasteiger partial charge in [0.25, 0.3) is 0 Å². The Labute approximate surface area is 111 Å². The molecule has 1 aromatic rings. The van der Waals surface area contributed by atoms with E-state index < -0.39 is 0 Å². The molecule has 2 heteroatoms. The molecule has 0 spiro atoms. The summed E-state index contributed by atoms with van der Waals surface area (Å²) in [4.78, 5) is 0. The lowest BCUT2D eigenvalue weighted by molar-refractivity contribution is 0.226. The van der Waals surface area contributed by atoms with Gasteiger partial charge in [0.2, 0.25) is 0 Å². The van der Waals surface area contributed by atoms with Crippen LogP contribution in [0.25, 0.3) is 0 Å². The topological polar surface area (TPSA) is 21.3 Å². The van der Waals surface area contributed by atoms with Crippen molar-refractivity contribution in [1.29, 1.82) is 0 Å². The van der Waals surface area contributed by atoms with Crippen LogP contribution in [0, 0.1) is 5.92 Å². The average Bonchev–Trinajstić information content (AvgIpc) is 2.39. The fourth-order valence-corrected chi connectivity index (χ4v) is 2.90. The summed E-state index contributed by atoms with van der Waals surface area (Å²) < 4.78 is 5.76. The van der Waals surface area contributed by atoms with E-state index in [-0.39, 0.29) is 0 Å². The van der Waals surface area contributed by atoms with Gasteiger partial charge in [0.05, 0.1) is 6.61 Å². The largest absolute Gasteiger partial charge is 0.493 e. The van der Waals surface area contributed by atoms with Gasteiger partial charge in [-0.2, -0.15) is 0 Å². The van der Waals surface area contributed by atoms with E-state index in [1.165, 1.54) is 12.0 Å². The number of rotatable bonds is 5. The van der Waals surface area contributed by atoms with Gasteiger partial charge < -0.3 is 10.1 Å². The zero-order valence-corrected chi connectivity index (χ0v) is 11.8. The first kappa shape index (κ1) is 13.4. The molecule has 2 unspecified atom stereocenters. The van der Waals surface area contributed by atoms with Crippen LogP contribution in [-0.4, -0.2) is 19.2 Å². The number of ether oxygens (including phenoxy) is 1. The van der Waals surface area contributed by atoms with Crippen molar-refractivity contribution < 1.29 is 4.74 Å². The normalized spacial score (nSPS) is 20.3. The third-order valence-electron chi connectivity index (χ3n) is 3.79. The quantitative estimate of drug-likeness (QED) is 0.858. The molecule has 100 valence electrons. The van der Waals surface area contributed by atoms with Crippen LogP contribution in [0.5, 0.6) is 5.75 Å². The molecular weight excluding hydrogens is 222 g/mol. The molecular formula is C16H25NO. The van der Waals surface area contributed by atoms with E-state index in [1.54, 1.807) is 0 Å². The molecule has 0 amide bonds. The lowest BCUT2D eigenvalue weighted by atomic mass is 9.81. The van der Waals surface area contributed by atoms with E-state index in [0.717, 1.165) is 25.3 Å². The summed E-state index contributed by atoms with van der Waals surface area (Å²) in [6.07, 6.45) is 2.31. The van der Waals surface area contributed by atoms with Crippen LogP contribution in [0.4, 0.5) is 0 Å². The Kier molecular flexibility index (Phi) is 4.65. The lowest BCUT2D eigenvalue weighted by Gasteiger charge is -2.35. The third-order valence-corrected chi connectivity index (χ3v) is 3.79. The van der Waals surface area contributed by atoms with E-state index in [2.05, 4.69) is 50.4 Å². The second kappa shape index (κ2) is 6.24. The van der Waals surface area contributed by atoms with Crippen molar-refractivity contribution in [3.63, 3.8) is 0 Å². The second-order valence-electron chi connectivity index (χ2n) is 5.51. The Balaban J connectivity index is 2.21. The van der Waals surface area contributed by atoms with E-state index in [9.17, 15) is 0 Å². The van der Waals surface area contributed by atoms with Crippen molar-refractivity contribution in [1.82, 2.24) is 5.32 Å². The average molecular weight is 247 g/mol.